The predicted octanol–water partition coefficient (Wildman–Crippen LogP) is 7.36. The zero-order valence-corrected chi connectivity index (χ0v) is 39.2. The lowest BCUT2D eigenvalue weighted by molar-refractivity contribution is -0.149. The minimum Gasteiger partial charge on any atom is -0.480 e. The predicted molar refractivity (Wildman–Crippen MR) is 254 cm³/mol. The molecule has 1 aliphatic carbocycles. The molecule has 1 aliphatic heterocycles. The number of unbranched alkanes of at least 4 members (excludes halogenated alkanes) is 1. The first-order chi connectivity index (χ1) is 32.5. The highest BCUT2D eigenvalue weighted by Crippen LogP contribution is 2.44. The highest BCUT2D eigenvalue weighted by atomic mass is 16.6. The quantitative estimate of drug-likeness (QED) is 0.0356. The Hall–Kier alpha value is -7.23. The van der Waals surface area contributed by atoms with Crippen LogP contribution >= 0.6 is 0 Å². The van der Waals surface area contributed by atoms with E-state index < -0.39 is 71.1 Å². The molecule has 6 rings (SSSR count). The summed E-state index contributed by atoms with van der Waals surface area (Å²) in [5, 5.41) is 20.9. The van der Waals surface area contributed by atoms with Crippen LogP contribution in [0.3, 0.4) is 0 Å². The Morgan fingerprint density at radius 2 is 1.38 bits per heavy atom. The second-order valence-corrected chi connectivity index (χ2v) is 18.3. The first kappa shape index (κ1) is 50.2. The number of esters is 1. The van der Waals surface area contributed by atoms with E-state index in [2.05, 4.69) is 33.4 Å². The number of likely N-dealkylation sites (tertiary alicyclic amines) is 1. The first-order valence-corrected chi connectivity index (χ1v) is 23.0. The van der Waals surface area contributed by atoms with Crippen molar-refractivity contribution in [2.45, 2.75) is 115 Å². The van der Waals surface area contributed by atoms with Gasteiger partial charge in [-0.2, -0.15) is 0 Å². The van der Waals surface area contributed by atoms with Crippen LogP contribution in [0.15, 0.2) is 103 Å². The number of benzene rings is 4. The molecule has 16 nitrogen and oxygen atoms in total. The van der Waals surface area contributed by atoms with E-state index in [0.717, 1.165) is 22.3 Å². The SMILES string of the molecule is CC[C@](C)(NC(=O)[C@H](CCCCOC(=O)c1ccccc1)NC(=O)OC(C)(C)C)C(=O)N[C@@H](Cc1ccc(NC(=O)OCC2c3ccccc3-c3ccccc32)cc1)C(=O)N1CCC[C@@H]1C(=O)O. The van der Waals surface area contributed by atoms with Crippen molar-refractivity contribution in [3.63, 3.8) is 0 Å². The summed E-state index contributed by atoms with van der Waals surface area (Å²) in [5.74, 6) is -3.78. The molecule has 0 saturated carbocycles. The molecule has 0 radical (unpaired) electrons. The van der Waals surface area contributed by atoms with Gasteiger partial charge in [0.15, 0.2) is 0 Å². The van der Waals surface area contributed by atoms with Crippen LogP contribution in [0.1, 0.15) is 106 Å². The summed E-state index contributed by atoms with van der Waals surface area (Å²) in [4.78, 5) is 94.4. The van der Waals surface area contributed by atoms with Crippen LogP contribution in [0.25, 0.3) is 11.1 Å². The summed E-state index contributed by atoms with van der Waals surface area (Å²) in [7, 11) is 0. The number of carboxylic acid groups (broad SMARTS) is 1. The van der Waals surface area contributed by atoms with Gasteiger partial charge in [-0.05, 0) is 118 Å². The maximum atomic E-state index is 14.3. The summed E-state index contributed by atoms with van der Waals surface area (Å²) in [6.07, 6.45) is 0.0556. The van der Waals surface area contributed by atoms with Crippen LogP contribution in [-0.2, 0) is 39.8 Å². The molecule has 4 aromatic carbocycles. The van der Waals surface area contributed by atoms with Gasteiger partial charge >= 0.3 is 24.1 Å². The molecule has 0 aromatic heterocycles. The summed E-state index contributed by atoms with van der Waals surface area (Å²) in [5.41, 5.74) is 3.32. The minimum absolute atomic E-state index is 0.0515. The van der Waals surface area contributed by atoms with Gasteiger partial charge in [-0.15, -0.1) is 0 Å². The number of carbonyl (C=O) groups excluding carboxylic acids is 6. The maximum absolute atomic E-state index is 14.3. The molecular formula is C52H61N5O11. The van der Waals surface area contributed by atoms with Gasteiger partial charge in [0.2, 0.25) is 17.7 Å². The van der Waals surface area contributed by atoms with Crippen molar-refractivity contribution < 1.29 is 52.9 Å². The molecule has 2 aliphatic rings. The Labute approximate surface area is 396 Å². The molecule has 0 spiro atoms. The van der Waals surface area contributed by atoms with Crippen LogP contribution in [0, 0.1) is 0 Å². The maximum Gasteiger partial charge on any atom is 0.411 e. The van der Waals surface area contributed by atoms with Crippen LogP contribution in [0.4, 0.5) is 15.3 Å². The van der Waals surface area contributed by atoms with E-state index in [0.29, 0.717) is 36.1 Å². The lowest BCUT2D eigenvalue weighted by Crippen LogP contribution is -2.63. The third-order valence-electron chi connectivity index (χ3n) is 12.2. The number of hydrogen-bond donors (Lipinski definition) is 5. The van der Waals surface area contributed by atoms with E-state index in [1.807, 2.05) is 36.4 Å². The van der Waals surface area contributed by atoms with E-state index in [-0.39, 0.29) is 51.4 Å². The lowest BCUT2D eigenvalue weighted by Gasteiger charge is -2.34. The highest BCUT2D eigenvalue weighted by Gasteiger charge is 2.41. The number of aliphatic carboxylic acids is 1. The van der Waals surface area contributed by atoms with Crippen molar-refractivity contribution in [1.29, 1.82) is 0 Å². The smallest absolute Gasteiger partial charge is 0.411 e. The summed E-state index contributed by atoms with van der Waals surface area (Å²) >= 11 is 0. The van der Waals surface area contributed by atoms with Gasteiger partial charge in [-0.25, -0.2) is 19.2 Å². The van der Waals surface area contributed by atoms with Gasteiger partial charge in [0.1, 0.15) is 35.9 Å². The van der Waals surface area contributed by atoms with Crippen LogP contribution in [0.5, 0.6) is 0 Å². The average Bonchev–Trinajstić information content (AvgIpc) is 3.94. The molecule has 1 saturated heterocycles. The first-order valence-electron chi connectivity index (χ1n) is 23.0. The number of nitrogens with one attached hydrogen (secondary N) is 4. The Kier molecular flexibility index (Phi) is 16.6. The molecule has 4 atom stereocenters. The third-order valence-corrected chi connectivity index (χ3v) is 12.2. The monoisotopic (exact) mass is 931 g/mol. The zero-order valence-electron chi connectivity index (χ0n) is 39.2. The summed E-state index contributed by atoms with van der Waals surface area (Å²) < 4.78 is 16.5. The van der Waals surface area contributed by atoms with Crippen molar-refractivity contribution in [3.8, 4) is 11.1 Å². The van der Waals surface area contributed by atoms with Crippen molar-refractivity contribution in [2.24, 2.45) is 0 Å². The molecule has 1 fully saturated rings. The molecule has 0 bridgehead atoms. The largest absolute Gasteiger partial charge is 0.480 e. The fourth-order valence-electron chi connectivity index (χ4n) is 8.37. The number of anilines is 1. The van der Waals surface area contributed by atoms with Crippen LogP contribution in [-0.4, -0.2) is 101 Å². The van der Waals surface area contributed by atoms with Gasteiger partial charge in [-0.1, -0.05) is 85.8 Å². The Morgan fingerprint density at radius 1 is 0.750 bits per heavy atom. The Morgan fingerprint density at radius 3 is 2.00 bits per heavy atom. The number of amides is 5. The van der Waals surface area contributed by atoms with Crippen molar-refractivity contribution >= 4 is 47.5 Å². The van der Waals surface area contributed by atoms with E-state index in [4.69, 9.17) is 14.2 Å². The van der Waals surface area contributed by atoms with Crippen molar-refractivity contribution in [1.82, 2.24) is 20.9 Å². The second kappa shape index (κ2) is 22.5. The molecular weight excluding hydrogens is 871 g/mol. The average molecular weight is 932 g/mol. The number of ether oxygens (including phenoxy) is 3. The van der Waals surface area contributed by atoms with Gasteiger partial charge in [-0.3, -0.25) is 19.7 Å². The molecule has 1 heterocycles. The van der Waals surface area contributed by atoms with Gasteiger partial charge < -0.3 is 40.2 Å². The molecule has 5 N–H and O–H groups in total. The van der Waals surface area contributed by atoms with E-state index in [1.54, 1.807) is 82.3 Å². The third kappa shape index (κ3) is 13.0. The summed E-state index contributed by atoms with van der Waals surface area (Å²) in [6.45, 7) is 8.58. The zero-order chi connectivity index (χ0) is 49.0. The molecule has 68 heavy (non-hydrogen) atoms. The fraction of sp³-hybridized carbons (Fsp3) is 0.404. The molecule has 16 heteroatoms. The van der Waals surface area contributed by atoms with Crippen molar-refractivity contribution in [2.75, 3.05) is 25.1 Å². The van der Waals surface area contributed by atoms with Crippen LogP contribution in [0.2, 0.25) is 0 Å². The number of carbonyl (C=O) groups is 7. The van der Waals surface area contributed by atoms with Gasteiger partial charge in [0.05, 0.1) is 12.2 Å². The second-order valence-electron chi connectivity index (χ2n) is 18.3. The number of hydrogen-bond acceptors (Lipinski definition) is 10. The van der Waals surface area contributed by atoms with E-state index >= 15 is 0 Å². The molecule has 0 unspecified atom stereocenters. The highest BCUT2D eigenvalue weighted by molar-refractivity contribution is 5.97. The van der Waals surface area contributed by atoms with Gasteiger partial charge in [0.25, 0.3) is 0 Å². The van der Waals surface area contributed by atoms with Crippen LogP contribution < -0.4 is 21.3 Å². The minimum atomic E-state index is -1.61. The molecule has 4 aromatic rings. The molecule has 360 valence electrons. The number of fused-ring (bicyclic) bond motifs is 3. The summed E-state index contributed by atoms with van der Waals surface area (Å²) in [6, 6.07) is 27.7. The Bertz CT molecular complexity index is 2410. The lowest BCUT2D eigenvalue weighted by atomic mass is 9.94. The number of alkyl carbamates (subject to hydrolysis) is 1. The standard InChI is InChI=1S/C52H61N5O11/c1-6-52(5,56-44(58)41(55-50(65)68-51(2,3)4)23-14-15-30-66-47(62)34-17-8-7-9-18-34)48(63)54-42(45(59)57-29-16-24-43(57)46(60)61)31-33-25-27-35(28-26-33)53-49(64)67-32-40-38-21-12-10-19-36(38)37-20-11-13-22-39(37)40/h7-13,17-22,25-28,40-43H,6,14-16,23-24,29-32H2,1-5H3,(H,53,64)(H,54,63)(H,55,65)(H,56,58)(H,60,61)/t41-,42-,43+,52-/m0/s1. The number of rotatable bonds is 19. The molecule has 5 amide bonds. The fourth-order valence-corrected chi connectivity index (χ4v) is 8.37. The topological polar surface area (TPSA) is 219 Å². The Balaban J connectivity index is 1.11. The number of carboxylic acids is 1. The van der Waals surface area contributed by atoms with E-state index in [1.165, 1.54) is 11.8 Å². The van der Waals surface area contributed by atoms with Crippen molar-refractivity contribution in [3.05, 3.63) is 125 Å². The normalized spacial score (nSPS) is 15.9. The number of nitrogens with zero attached hydrogens (tertiary/aromatic N) is 1. The van der Waals surface area contributed by atoms with Gasteiger partial charge in [0, 0.05) is 24.6 Å². The van der Waals surface area contributed by atoms with E-state index in [9.17, 15) is 38.7 Å².